The fourth-order valence-corrected chi connectivity index (χ4v) is 4.68. The minimum Gasteiger partial charge on any atom is -0.368 e. The molecular weight excluding hydrogens is 626 g/mol. The molecule has 0 heterocycles. The second-order valence-corrected chi connectivity index (χ2v) is 10.4. The number of nitrogens with zero attached hydrogens (tertiary/aromatic N) is 4. The molecule has 0 saturated heterocycles. The van der Waals surface area contributed by atoms with Gasteiger partial charge in [0.15, 0.2) is 0 Å². The second kappa shape index (κ2) is 14.9. The van der Waals surface area contributed by atoms with Crippen molar-refractivity contribution in [3.63, 3.8) is 0 Å². The zero-order chi connectivity index (χ0) is 28.9. The zero-order valence-electron chi connectivity index (χ0n) is 23.3. The Labute approximate surface area is 272 Å². The Balaban J connectivity index is 0.00000253. The molecular formula is C31H30Cl4N8. The Morgan fingerprint density at radius 3 is 1.35 bits per heavy atom. The van der Waals surface area contributed by atoms with Crippen molar-refractivity contribution in [3.8, 4) is 11.1 Å². The molecule has 43 heavy (non-hydrogen) atoms. The van der Waals surface area contributed by atoms with Crippen molar-refractivity contribution < 1.29 is 0 Å². The van der Waals surface area contributed by atoms with Gasteiger partial charge in [0.1, 0.15) is 0 Å². The largest absolute Gasteiger partial charge is 0.368 e. The van der Waals surface area contributed by atoms with Crippen LogP contribution in [0.4, 0.5) is 11.4 Å². The Morgan fingerprint density at radius 2 is 0.977 bits per heavy atom. The topological polar surface area (TPSA) is 126 Å². The van der Waals surface area contributed by atoms with E-state index in [2.05, 4.69) is 67.4 Å². The SMILES string of the molecule is CC(=NNC(N)=Nc1ccc(Cl)cc1)c1ccc2c(c1)Cc1cc(C(C)=NNC(N)=Nc3ccc(Cl)cc3)ccc1-2.Cl.Cl. The normalized spacial score (nSPS) is 12.9. The van der Waals surface area contributed by atoms with Gasteiger partial charge in [0.25, 0.3) is 0 Å². The molecule has 1 aliphatic carbocycles. The van der Waals surface area contributed by atoms with Crippen LogP contribution in [0.3, 0.4) is 0 Å². The fraction of sp³-hybridized carbons (Fsp3) is 0.0968. The number of rotatable bonds is 6. The summed E-state index contributed by atoms with van der Waals surface area (Å²) in [4.78, 5) is 8.61. The van der Waals surface area contributed by atoms with Gasteiger partial charge in [-0.2, -0.15) is 10.2 Å². The molecule has 0 saturated carbocycles. The molecule has 4 aromatic carbocycles. The summed E-state index contributed by atoms with van der Waals surface area (Å²) in [5.41, 5.74) is 27.5. The van der Waals surface area contributed by atoms with E-state index in [4.69, 9.17) is 34.7 Å². The van der Waals surface area contributed by atoms with E-state index in [0.717, 1.165) is 29.0 Å². The minimum absolute atomic E-state index is 0. The summed E-state index contributed by atoms with van der Waals surface area (Å²) in [5.74, 6) is 0.384. The molecule has 4 aromatic rings. The number of benzene rings is 4. The van der Waals surface area contributed by atoms with Crippen molar-refractivity contribution in [2.24, 2.45) is 31.7 Å². The lowest BCUT2D eigenvalue weighted by molar-refractivity contribution is 1.00. The van der Waals surface area contributed by atoms with Crippen LogP contribution in [-0.4, -0.2) is 23.3 Å². The average molecular weight is 656 g/mol. The lowest BCUT2D eigenvalue weighted by Crippen LogP contribution is -2.27. The zero-order valence-corrected chi connectivity index (χ0v) is 26.5. The number of guanidine groups is 2. The predicted molar refractivity (Wildman–Crippen MR) is 185 cm³/mol. The van der Waals surface area contributed by atoms with Crippen molar-refractivity contribution in [3.05, 3.63) is 117 Å². The first-order valence-corrected chi connectivity index (χ1v) is 13.6. The Hall–Kier alpha value is -4.08. The van der Waals surface area contributed by atoms with E-state index in [1.165, 1.54) is 22.3 Å². The number of hydrogen-bond acceptors (Lipinski definition) is 4. The number of nitrogens with one attached hydrogen (secondary N) is 2. The molecule has 0 atom stereocenters. The highest BCUT2D eigenvalue weighted by molar-refractivity contribution is 6.30. The highest BCUT2D eigenvalue weighted by atomic mass is 35.5. The van der Waals surface area contributed by atoms with Crippen LogP contribution < -0.4 is 22.3 Å². The number of halogens is 4. The molecule has 0 radical (unpaired) electrons. The van der Waals surface area contributed by atoms with Crippen LogP contribution in [0.15, 0.2) is 105 Å². The quantitative estimate of drug-likeness (QED) is 0.0868. The number of nitrogens with two attached hydrogens (primary N) is 2. The van der Waals surface area contributed by atoms with Crippen LogP contribution >= 0.6 is 48.0 Å². The first-order chi connectivity index (χ1) is 19.7. The van der Waals surface area contributed by atoms with Crippen molar-refractivity contribution in [2.45, 2.75) is 20.3 Å². The highest BCUT2D eigenvalue weighted by Gasteiger charge is 2.20. The van der Waals surface area contributed by atoms with Gasteiger partial charge < -0.3 is 11.5 Å². The van der Waals surface area contributed by atoms with E-state index in [1.54, 1.807) is 48.5 Å². The van der Waals surface area contributed by atoms with Gasteiger partial charge in [0.2, 0.25) is 11.9 Å². The third-order valence-electron chi connectivity index (χ3n) is 6.55. The van der Waals surface area contributed by atoms with E-state index in [0.29, 0.717) is 21.4 Å². The summed E-state index contributed by atoms with van der Waals surface area (Å²) in [6, 6.07) is 26.9. The van der Waals surface area contributed by atoms with Gasteiger partial charge in [-0.3, -0.25) is 0 Å². The van der Waals surface area contributed by atoms with Crippen molar-refractivity contribution >= 4 is 82.7 Å². The molecule has 8 nitrogen and oxygen atoms in total. The van der Waals surface area contributed by atoms with Gasteiger partial charge in [-0.05, 0) is 114 Å². The van der Waals surface area contributed by atoms with Gasteiger partial charge in [-0.15, -0.1) is 24.8 Å². The molecule has 0 fully saturated rings. The standard InChI is InChI=1S/C31H28Cl2N8.2ClH/c1-18(38-40-30(34)36-26-9-5-24(32)6-10-26)20-3-13-28-22(15-20)17-23-16-21(4-14-29(23)28)19(2)39-41-31(35)37-27-11-7-25(33)8-12-27;;/h3-16H,17H2,1-2H3,(H3,34,36,40)(H3,35,37,41);2*1H. The summed E-state index contributed by atoms with van der Waals surface area (Å²) in [6.07, 6.45) is 0.814. The number of hydrogen-bond donors (Lipinski definition) is 4. The van der Waals surface area contributed by atoms with Crippen LogP contribution in [0, 0.1) is 0 Å². The predicted octanol–water partition coefficient (Wildman–Crippen LogP) is 7.33. The average Bonchev–Trinajstić information content (AvgIpc) is 3.34. The molecule has 1 aliphatic rings. The maximum absolute atomic E-state index is 6.00. The number of aliphatic imine (C=N–C) groups is 2. The Bertz CT molecular complexity index is 1590. The van der Waals surface area contributed by atoms with E-state index in [-0.39, 0.29) is 36.7 Å². The van der Waals surface area contributed by atoms with Crippen LogP contribution in [0.2, 0.25) is 10.0 Å². The molecule has 12 heteroatoms. The molecule has 0 spiro atoms. The summed E-state index contributed by atoms with van der Waals surface area (Å²) < 4.78 is 0. The minimum atomic E-state index is 0. The van der Waals surface area contributed by atoms with E-state index in [9.17, 15) is 0 Å². The van der Waals surface area contributed by atoms with E-state index in [1.807, 2.05) is 13.8 Å². The van der Waals surface area contributed by atoms with E-state index < -0.39 is 0 Å². The van der Waals surface area contributed by atoms with Gasteiger partial charge >= 0.3 is 0 Å². The highest BCUT2D eigenvalue weighted by Crippen LogP contribution is 2.37. The van der Waals surface area contributed by atoms with Crippen molar-refractivity contribution in [1.82, 2.24) is 10.9 Å². The maximum atomic E-state index is 6.00. The third kappa shape index (κ3) is 8.49. The lowest BCUT2D eigenvalue weighted by Gasteiger charge is -2.07. The number of hydrazone groups is 2. The van der Waals surface area contributed by atoms with Gasteiger partial charge in [0, 0.05) is 10.0 Å². The Morgan fingerprint density at radius 1 is 0.605 bits per heavy atom. The monoisotopic (exact) mass is 654 g/mol. The maximum Gasteiger partial charge on any atom is 0.214 e. The van der Waals surface area contributed by atoms with Crippen LogP contribution in [-0.2, 0) is 6.42 Å². The number of fused-ring (bicyclic) bond motifs is 3. The van der Waals surface area contributed by atoms with Crippen LogP contribution in [0.1, 0.15) is 36.1 Å². The first-order valence-electron chi connectivity index (χ1n) is 12.8. The Kier molecular flexibility index (Phi) is 11.6. The van der Waals surface area contributed by atoms with Gasteiger partial charge in [0.05, 0.1) is 22.8 Å². The van der Waals surface area contributed by atoms with Crippen molar-refractivity contribution in [1.29, 1.82) is 0 Å². The summed E-state index contributed by atoms with van der Waals surface area (Å²) in [7, 11) is 0. The van der Waals surface area contributed by atoms with Crippen molar-refractivity contribution in [2.75, 3.05) is 0 Å². The molecule has 0 aromatic heterocycles. The summed E-state index contributed by atoms with van der Waals surface area (Å²) in [6.45, 7) is 3.86. The molecule has 0 bridgehead atoms. The molecule has 0 aliphatic heterocycles. The fourth-order valence-electron chi connectivity index (χ4n) is 4.43. The lowest BCUT2D eigenvalue weighted by atomic mass is 10.0. The van der Waals surface area contributed by atoms with Crippen LogP contribution in [0.5, 0.6) is 0 Å². The molecule has 6 N–H and O–H groups in total. The molecule has 0 amide bonds. The summed E-state index contributed by atoms with van der Waals surface area (Å²) >= 11 is 11.8. The molecule has 222 valence electrons. The van der Waals surface area contributed by atoms with Gasteiger partial charge in [-0.1, -0.05) is 47.5 Å². The van der Waals surface area contributed by atoms with Gasteiger partial charge in [-0.25, -0.2) is 20.8 Å². The van der Waals surface area contributed by atoms with E-state index >= 15 is 0 Å². The summed E-state index contributed by atoms with van der Waals surface area (Å²) in [5, 5.41) is 10.1. The molecule has 0 unspecified atom stereocenters. The molecule has 5 rings (SSSR count). The smallest absolute Gasteiger partial charge is 0.214 e. The third-order valence-corrected chi connectivity index (χ3v) is 7.05. The van der Waals surface area contributed by atoms with Crippen LogP contribution in [0.25, 0.3) is 11.1 Å². The first kappa shape index (κ1) is 33.4. The second-order valence-electron chi connectivity index (χ2n) is 9.49.